The molecule has 2 rings (SSSR count). The normalized spacial score (nSPS) is 16.3. The SMILES string of the molecule is CCC(C)N1CC(=O)N(C)c2cc(C(=O)O)ccc21. The van der Waals surface area contributed by atoms with Gasteiger partial charge in [-0.3, -0.25) is 4.79 Å². The number of rotatable bonds is 3. The molecule has 0 radical (unpaired) electrons. The lowest BCUT2D eigenvalue weighted by Gasteiger charge is -2.39. The van der Waals surface area contributed by atoms with E-state index in [1.54, 1.807) is 25.2 Å². The molecule has 1 aliphatic heterocycles. The predicted octanol–water partition coefficient (Wildman–Crippen LogP) is 1.97. The van der Waals surface area contributed by atoms with Gasteiger partial charge in [-0.2, -0.15) is 0 Å². The molecule has 1 aromatic carbocycles. The summed E-state index contributed by atoms with van der Waals surface area (Å²) >= 11 is 0. The number of carboxylic acids is 1. The van der Waals surface area contributed by atoms with Crippen molar-refractivity contribution in [2.75, 3.05) is 23.4 Å². The highest BCUT2D eigenvalue weighted by molar-refractivity contribution is 6.04. The van der Waals surface area contributed by atoms with Gasteiger partial charge in [-0.15, -0.1) is 0 Å². The largest absolute Gasteiger partial charge is 0.478 e. The summed E-state index contributed by atoms with van der Waals surface area (Å²) in [6.45, 7) is 4.47. The average molecular weight is 262 g/mol. The van der Waals surface area contributed by atoms with Crippen LogP contribution in [0.25, 0.3) is 0 Å². The van der Waals surface area contributed by atoms with E-state index < -0.39 is 5.97 Å². The molecule has 0 bridgehead atoms. The molecule has 0 spiro atoms. The van der Waals surface area contributed by atoms with Crippen molar-refractivity contribution >= 4 is 23.3 Å². The lowest BCUT2D eigenvalue weighted by atomic mass is 10.1. The summed E-state index contributed by atoms with van der Waals surface area (Å²) in [5.41, 5.74) is 1.78. The lowest BCUT2D eigenvalue weighted by molar-refractivity contribution is -0.117. The summed E-state index contributed by atoms with van der Waals surface area (Å²) in [6.07, 6.45) is 0.928. The minimum atomic E-state index is -0.982. The summed E-state index contributed by atoms with van der Waals surface area (Å²) in [4.78, 5) is 26.6. The van der Waals surface area contributed by atoms with E-state index in [2.05, 4.69) is 13.8 Å². The maximum atomic E-state index is 12.0. The number of carboxylic acid groups (broad SMARTS) is 1. The average Bonchev–Trinajstić information content (AvgIpc) is 2.41. The van der Waals surface area contributed by atoms with Crippen molar-refractivity contribution in [1.29, 1.82) is 0 Å². The zero-order valence-corrected chi connectivity index (χ0v) is 11.4. The van der Waals surface area contributed by atoms with Gasteiger partial charge in [0.25, 0.3) is 0 Å². The Morgan fingerprint density at radius 1 is 1.42 bits per heavy atom. The van der Waals surface area contributed by atoms with Crippen LogP contribution in [-0.4, -0.2) is 36.6 Å². The smallest absolute Gasteiger partial charge is 0.335 e. The maximum Gasteiger partial charge on any atom is 0.335 e. The first-order chi connectivity index (χ1) is 8.95. The van der Waals surface area contributed by atoms with Crippen LogP contribution in [0.3, 0.4) is 0 Å². The van der Waals surface area contributed by atoms with E-state index >= 15 is 0 Å². The minimum absolute atomic E-state index is 0.0182. The van der Waals surface area contributed by atoms with E-state index in [1.165, 1.54) is 4.90 Å². The van der Waals surface area contributed by atoms with Crippen LogP contribution < -0.4 is 9.80 Å². The number of anilines is 2. The van der Waals surface area contributed by atoms with Crippen LogP contribution >= 0.6 is 0 Å². The summed E-state index contributed by atoms with van der Waals surface area (Å²) in [5.74, 6) is -1.00. The van der Waals surface area contributed by atoms with Gasteiger partial charge in [0.2, 0.25) is 5.91 Å². The van der Waals surface area contributed by atoms with Gasteiger partial charge in [0.05, 0.1) is 23.5 Å². The number of amides is 1. The second-order valence-electron chi connectivity index (χ2n) is 4.85. The van der Waals surface area contributed by atoms with E-state index in [4.69, 9.17) is 5.11 Å². The van der Waals surface area contributed by atoms with Gasteiger partial charge in [-0.25, -0.2) is 4.79 Å². The Balaban J connectivity index is 2.52. The molecule has 1 atom stereocenters. The van der Waals surface area contributed by atoms with Gasteiger partial charge in [0.15, 0.2) is 0 Å². The Labute approximate surface area is 112 Å². The standard InChI is InChI=1S/C14H18N2O3/c1-4-9(2)16-8-13(17)15(3)12-7-10(14(18)19)5-6-11(12)16/h5-7,9H,4,8H2,1-3H3,(H,18,19). The number of carbonyl (C=O) groups excluding carboxylic acids is 1. The molecule has 0 saturated heterocycles. The number of fused-ring (bicyclic) bond motifs is 1. The molecule has 5 heteroatoms. The number of hydrogen-bond acceptors (Lipinski definition) is 3. The zero-order valence-electron chi connectivity index (χ0n) is 11.4. The highest BCUT2D eigenvalue weighted by atomic mass is 16.4. The summed E-state index contributed by atoms with van der Waals surface area (Å²) in [5, 5.41) is 9.04. The van der Waals surface area contributed by atoms with Gasteiger partial charge in [-0.05, 0) is 31.5 Å². The first-order valence-corrected chi connectivity index (χ1v) is 6.36. The molecule has 1 aliphatic rings. The number of hydrogen-bond donors (Lipinski definition) is 1. The molecule has 1 amide bonds. The fraction of sp³-hybridized carbons (Fsp3) is 0.429. The molecule has 0 aromatic heterocycles. The lowest BCUT2D eigenvalue weighted by Crippen LogP contribution is -2.47. The summed E-state index contributed by atoms with van der Waals surface area (Å²) < 4.78 is 0. The van der Waals surface area contributed by atoms with Gasteiger partial charge >= 0.3 is 5.97 Å². The van der Waals surface area contributed by atoms with E-state index in [0.717, 1.165) is 12.1 Å². The number of benzene rings is 1. The van der Waals surface area contributed by atoms with Gasteiger partial charge in [0.1, 0.15) is 0 Å². The highest BCUT2D eigenvalue weighted by Gasteiger charge is 2.29. The second-order valence-corrected chi connectivity index (χ2v) is 4.85. The minimum Gasteiger partial charge on any atom is -0.478 e. The first-order valence-electron chi connectivity index (χ1n) is 6.36. The molecule has 1 aromatic rings. The Kier molecular flexibility index (Phi) is 3.46. The van der Waals surface area contributed by atoms with E-state index in [-0.39, 0.29) is 17.5 Å². The third-order valence-corrected chi connectivity index (χ3v) is 3.70. The van der Waals surface area contributed by atoms with Gasteiger partial charge in [0, 0.05) is 13.1 Å². The topological polar surface area (TPSA) is 60.9 Å². The van der Waals surface area contributed by atoms with Crippen LogP contribution in [0.5, 0.6) is 0 Å². The van der Waals surface area contributed by atoms with Crippen LogP contribution in [0.15, 0.2) is 18.2 Å². The van der Waals surface area contributed by atoms with Crippen molar-refractivity contribution in [3.8, 4) is 0 Å². The molecule has 0 aliphatic carbocycles. The molecule has 0 fully saturated rings. The van der Waals surface area contributed by atoms with E-state index in [1.807, 2.05) is 4.90 Å². The van der Waals surface area contributed by atoms with Crippen LogP contribution in [0.1, 0.15) is 30.6 Å². The zero-order chi connectivity index (χ0) is 14.2. The molecule has 1 heterocycles. The summed E-state index contributed by atoms with van der Waals surface area (Å²) in [7, 11) is 1.68. The fourth-order valence-electron chi connectivity index (χ4n) is 2.25. The fourth-order valence-corrected chi connectivity index (χ4v) is 2.25. The van der Waals surface area contributed by atoms with Crippen LogP contribution in [0.2, 0.25) is 0 Å². The van der Waals surface area contributed by atoms with E-state index in [0.29, 0.717) is 12.2 Å². The third kappa shape index (κ3) is 2.28. The monoisotopic (exact) mass is 262 g/mol. The Morgan fingerprint density at radius 3 is 2.68 bits per heavy atom. The van der Waals surface area contributed by atoms with Crippen molar-refractivity contribution in [3.05, 3.63) is 23.8 Å². The Bertz CT molecular complexity index is 527. The van der Waals surface area contributed by atoms with Crippen molar-refractivity contribution in [3.63, 3.8) is 0 Å². The van der Waals surface area contributed by atoms with Crippen LogP contribution in [0.4, 0.5) is 11.4 Å². The maximum absolute atomic E-state index is 12.0. The molecule has 1 N–H and O–H groups in total. The van der Waals surface area contributed by atoms with Crippen LogP contribution in [0, 0.1) is 0 Å². The molecule has 0 saturated carbocycles. The Morgan fingerprint density at radius 2 is 2.11 bits per heavy atom. The number of carbonyl (C=O) groups is 2. The number of likely N-dealkylation sites (N-methyl/N-ethyl adjacent to an activating group) is 1. The molecule has 1 unspecified atom stereocenters. The van der Waals surface area contributed by atoms with Crippen molar-refractivity contribution in [2.45, 2.75) is 26.3 Å². The number of aromatic carboxylic acids is 1. The second kappa shape index (κ2) is 4.91. The van der Waals surface area contributed by atoms with E-state index in [9.17, 15) is 9.59 Å². The van der Waals surface area contributed by atoms with Crippen molar-refractivity contribution in [2.24, 2.45) is 0 Å². The first kappa shape index (κ1) is 13.4. The molecule has 102 valence electrons. The quantitative estimate of drug-likeness (QED) is 0.904. The van der Waals surface area contributed by atoms with Gasteiger partial charge < -0.3 is 14.9 Å². The number of nitrogens with zero attached hydrogens (tertiary/aromatic N) is 2. The highest BCUT2D eigenvalue weighted by Crippen LogP contribution is 2.35. The predicted molar refractivity (Wildman–Crippen MR) is 73.9 cm³/mol. The Hall–Kier alpha value is -2.04. The van der Waals surface area contributed by atoms with Crippen LogP contribution in [-0.2, 0) is 4.79 Å². The molecular weight excluding hydrogens is 244 g/mol. The molecular formula is C14H18N2O3. The van der Waals surface area contributed by atoms with Gasteiger partial charge in [-0.1, -0.05) is 6.92 Å². The molecule has 5 nitrogen and oxygen atoms in total. The van der Waals surface area contributed by atoms with Crippen molar-refractivity contribution in [1.82, 2.24) is 0 Å². The third-order valence-electron chi connectivity index (χ3n) is 3.70. The van der Waals surface area contributed by atoms with Crippen molar-refractivity contribution < 1.29 is 14.7 Å². The summed E-state index contributed by atoms with van der Waals surface area (Å²) in [6, 6.07) is 5.17. The molecule has 19 heavy (non-hydrogen) atoms.